The highest BCUT2D eigenvalue weighted by Gasteiger charge is 2.05. The maximum Gasteiger partial charge on any atom is 0.181 e. The highest BCUT2D eigenvalue weighted by molar-refractivity contribution is 5.54. The van der Waals surface area contributed by atoms with Crippen molar-refractivity contribution in [2.45, 2.75) is 6.54 Å². The van der Waals surface area contributed by atoms with Gasteiger partial charge in [0, 0.05) is 11.3 Å². The number of rotatable bonds is 5. The van der Waals surface area contributed by atoms with Gasteiger partial charge in [-0.05, 0) is 24.3 Å². The zero-order valence-electron chi connectivity index (χ0n) is 11.7. The predicted molar refractivity (Wildman–Crippen MR) is 82.1 cm³/mol. The van der Waals surface area contributed by atoms with Gasteiger partial charge in [0.15, 0.2) is 5.82 Å². The van der Waals surface area contributed by atoms with Crippen molar-refractivity contribution in [3.05, 3.63) is 60.4 Å². The number of nitrogens with zero attached hydrogens (tertiary/aromatic N) is 2. The first kappa shape index (κ1) is 13.2. The molecule has 5 nitrogen and oxygen atoms in total. The van der Waals surface area contributed by atoms with E-state index in [-0.39, 0.29) is 0 Å². The molecule has 2 N–H and O–H groups in total. The minimum atomic E-state index is 0.589. The van der Waals surface area contributed by atoms with Crippen molar-refractivity contribution < 1.29 is 4.74 Å². The van der Waals surface area contributed by atoms with Crippen LogP contribution in [0.4, 0.5) is 5.69 Å². The second kappa shape index (κ2) is 6.09. The number of aromatic amines is 1. The lowest BCUT2D eigenvalue weighted by Gasteiger charge is -2.05. The Morgan fingerprint density at radius 1 is 1.05 bits per heavy atom. The number of methoxy groups -OCH3 is 1. The molecule has 1 heterocycles. The summed E-state index contributed by atoms with van der Waals surface area (Å²) in [5.41, 5.74) is 2.01. The van der Waals surface area contributed by atoms with Crippen LogP contribution in [0.15, 0.2) is 54.6 Å². The van der Waals surface area contributed by atoms with Crippen LogP contribution in [0.3, 0.4) is 0 Å². The number of hydrogen-bond acceptors (Lipinski definition) is 4. The van der Waals surface area contributed by atoms with Gasteiger partial charge in [-0.1, -0.05) is 30.3 Å². The minimum Gasteiger partial charge on any atom is -0.497 e. The highest BCUT2D eigenvalue weighted by Crippen LogP contribution is 2.16. The molecule has 3 aromatic rings. The molecule has 3 rings (SSSR count). The van der Waals surface area contributed by atoms with Crippen molar-refractivity contribution in [3.8, 4) is 17.1 Å². The zero-order chi connectivity index (χ0) is 14.5. The molecule has 0 radical (unpaired) electrons. The number of aromatic nitrogens is 3. The van der Waals surface area contributed by atoms with Gasteiger partial charge in [0.05, 0.1) is 13.7 Å². The Labute approximate surface area is 123 Å². The monoisotopic (exact) mass is 280 g/mol. The topological polar surface area (TPSA) is 62.8 Å². The van der Waals surface area contributed by atoms with Gasteiger partial charge in [-0.25, -0.2) is 4.98 Å². The van der Waals surface area contributed by atoms with E-state index in [4.69, 9.17) is 4.74 Å². The van der Waals surface area contributed by atoms with Crippen molar-refractivity contribution >= 4 is 5.69 Å². The standard InChI is InChI=1S/C16H16N4O/c1-21-14-9-7-13(8-10-14)17-11-15-18-16(20-19-15)12-5-3-2-4-6-12/h2-10,17H,11H2,1H3,(H,18,19,20). The highest BCUT2D eigenvalue weighted by atomic mass is 16.5. The van der Waals surface area contributed by atoms with Crippen LogP contribution in [0.1, 0.15) is 5.82 Å². The van der Waals surface area contributed by atoms with Crippen molar-refractivity contribution in [3.63, 3.8) is 0 Å². The molecule has 0 saturated heterocycles. The fraction of sp³-hybridized carbons (Fsp3) is 0.125. The van der Waals surface area contributed by atoms with E-state index >= 15 is 0 Å². The van der Waals surface area contributed by atoms with E-state index in [0.29, 0.717) is 12.4 Å². The van der Waals surface area contributed by atoms with Gasteiger partial charge in [0.2, 0.25) is 0 Å². The molecular weight excluding hydrogens is 264 g/mol. The SMILES string of the molecule is COc1ccc(NCc2nc(-c3ccccc3)n[nH]2)cc1. The Morgan fingerprint density at radius 2 is 1.81 bits per heavy atom. The van der Waals surface area contributed by atoms with Crippen LogP contribution < -0.4 is 10.1 Å². The maximum atomic E-state index is 5.13. The number of hydrogen-bond donors (Lipinski definition) is 2. The van der Waals surface area contributed by atoms with Gasteiger partial charge in [0.25, 0.3) is 0 Å². The first-order valence-corrected chi connectivity index (χ1v) is 6.70. The number of benzene rings is 2. The van der Waals surface area contributed by atoms with Crippen LogP contribution in [0, 0.1) is 0 Å². The van der Waals surface area contributed by atoms with Gasteiger partial charge in [-0.3, -0.25) is 5.10 Å². The molecule has 0 saturated carbocycles. The number of H-pyrrole nitrogens is 1. The Morgan fingerprint density at radius 3 is 2.52 bits per heavy atom. The second-order valence-corrected chi connectivity index (χ2v) is 4.55. The first-order valence-electron chi connectivity index (χ1n) is 6.70. The average Bonchev–Trinajstić information content (AvgIpc) is 3.03. The van der Waals surface area contributed by atoms with Crippen LogP contribution in [0.25, 0.3) is 11.4 Å². The van der Waals surface area contributed by atoms with E-state index in [0.717, 1.165) is 22.8 Å². The largest absolute Gasteiger partial charge is 0.497 e. The molecule has 0 spiro atoms. The molecule has 1 aromatic heterocycles. The van der Waals surface area contributed by atoms with E-state index in [9.17, 15) is 0 Å². The molecule has 2 aromatic carbocycles. The van der Waals surface area contributed by atoms with E-state index in [1.165, 1.54) is 0 Å². The lowest BCUT2D eigenvalue weighted by molar-refractivity contribution is 0.415. The molecule has 106 valence electrons. The molecule has 5 heteroatoms. The summed E-state index contributed by atoms with van der Waals surface area (Å²) in [5, 5.41) is 10.5. The van der Waals surface area contributed by atoms with E-state index < -0.39 is 0 Å². The van der Waals surface area contributed by atoms with Gasteiger partial charge in [-0.2, -0.15) is 5.10 Å². The summed E-state index contributed by atoms with van der Waals surface area (Å²) in [6, 6.07) is 17.7. The van der Waals surface area contributed by atoms with Crippen molar-refractivity contribution in [1.82, 2.24) is 15.2 Å². The summed E-state index contributed by atoms with van der Waals surface area (Å²) in [4.78, 5) is 4.48. The smallest absolute Gasteiger partial charge is 0.181 e. The third-order valence-corrected chi connectivity index (χ3v) is 3.11. The summed E-state index contributed by atoms with van der Waals surface area (Å²) >= 11 is 0. The van der Waals surface area contributed by atoms with Crippen molar-refractivity contribution in [1.29, 1.82) is 0 Å². The summed E-state index contributed by atoms with van der Waals surface area (Å²) < 4.78 is 5.13. The number of nitrogens with one attached hydrogen (secondary N) is 2. The molecule has 0 atom stereocenters. The maximum absolute atomic E-state index is 5.13. The van der Waals surface area contributed by atoms with Gasteiger partial charge in [-0.15, -0.1) is 0 Å². The van der Waals surface area contributed by atoms with E-state index in [1.54, 1.807) is 7.11 Å². The quantitative estimate of drug-likeness (QED) is 0.754. The minimum absolute atomic E-state index is 0.589. The lowest BCUT2D eigenvalue weighted by atomic mass is 10.2. The average molecular weight is 280 g/mol. The zero-order valence-corrected chi connectivity index (χ0v) is 11.7. The van der Waals surface area contributed by atoms with Gasteiger partial charge >= 0.3 is 0 Å². The molecule has 0 bridgehead atoms. The van der Waals surface area contributed by atoms with Crippen LogP contribution >= 0.6 is 0 Å². The summed E-state index contributed by atoms with van der Waals surface area (Å²) in [5.74, 6) is 2.35. The number of anilines is 1. The normalized spacial score (nSPS) is 10.3. The number of ether oxygens (including phenoxy) is 1. The van der Waals surface area contributed by atoms with E-state index in [2.05, 4.69) is 20.5 Å². The molecule has 0 fully saturated rings. The Kier molecular flexibility index (Phi) is 3.82. The first-order chi connectivity index (χ1) is 10.3. The molecule has 0 amide bonds. The van der Waals surface area contributed by atoms with E-state index in [1.807, 2.05) is 54.6 Å². The second-order valence-electron chi connectivity index (χ2n) is 4.55. The molecule has 0 aliphatic carbocycles. The fourth-order valence-electron chi connectivity index (χ4n) is 1.99. The van der Waals surface area contributed by atoms with Gasteiger partial charge < -0.3 is 10.1 Å². The molecule has 0 unspecified atom stereocenters. The Hall–Kier alpha value is -2.82. The lowest BCUT2D eigenvalue weighted by Crippen LogP contribution is -2.01. The summed E-state index contributed by atoms with van der Waals surface area (Å²) in [6.07, 6.45) is 0. The van der Waals surface area contributed by atoms with Crippen molar-refractivity contribution in [2.75, 3.05) is 12.4 Å². The van der Waals surface area contributed by atoms with Gasteiger partial charge in [0.1, 0.15) is 11.6 Å². The molecule has 21 heavy (non-hydrogen) atoms. The summed E-state index contributed by atoms with van der Waals surface area (Å²) in [6.45, 7) is 0.589. The predicted octanol–water partition coefficient (Wildman–Crippen LogP) is 3.09. The fourth-order valence-corrected chi connectivity index (χ4v) is 1.99. The third-order valence-electron chi connectivity index (χ3n) is 3.11. The van der Waals surface area contributed by atoms with Crippen LogP contribution in [-0.2, 0) is 6.54 Å². The Balaban J connectivity index is 1.64. The summed E-state index contributed by atoms with van der Waals surface area (Å²) in [7, 11) is 1.65. The van der Waals surface area contributed by atoms with Crippen LogP contribution in [0.2, 0.25) is 0 Å². The van der Waals surface area contributed by atoms with Crippen molar-refractivity contribution in [2.24, 2.45) is 0 Å². The molecular formula is C16H16N4O. The Bertz CT molecular complexity index is 692. The van der Waals surface area contributed by atoms with Crippen LogP contribution in [0.5, 0.6) is 5.75 Å². The third kappa shape index (κ3) is 3.20. The molecule has 0 aliphatic rings. The van der Waals surface area contributed by atoms with Crippen LogP contribution in [-0.4, -0.2) is 22.3 Å². The molecule has 0 aliphatic heterocycles.